The fourth-order valence-corrected chi connectivity index (χ4v) is 4.54. The minimum atomic E-state index is -3.79. The van der Waals surface area contributed by atoms with Gasteiger partial charge in [-0.15, -0.1) is 0 Å². The smallest absolute Gasteiger partial charge is 0.214 e. The molecule has 0 aliphatic carbocycles. The van der Waals surface area contributed by atoms with Gasteiger partial charge in [-0.05, 0) is 29.8 Å². The summed E-state index contributed by atoms with van der Waals surface area (Å²) < 4.78 is 40.4. The monoisotopic (exact) mass is 393 g/mol. The number of benzene rings is 3. The van der Waals surface area contributed by atoms with E-state index in [2.05, 4.69) is 10.3 Å². The lowest BCUT2D eigenvalue weighted by molar-refractivity contribution is -0.347. The van der Waals surface area contributed by atoms with Crippen molar-refractivity contribution in [3.05, 3.63) is 96.4 Å². The van der Waals surface area contributed by atoms with E-state index in [1.165, 1.54) is 18.3 Å². The molecule has 2 N–H and O–H groups in total. The highest BCUT2D eigenvalue weighted by atomic mass is 32.2. The Labute approximate surface area is 162 Å². The summed E-state index contributed by atoms with van der Waals surface area (Å²) in [5.74, 6) is -0.432. The van der Waals surface area contributed by atoms with E-state index in [1.807, 2.05) is 30.3 Å². The first-order valence-corrected chi connectivity index (χ1v) is 10.3. The quantitative estimate of drug-likeness (QED) is 0.552. The summed E-state index contributed by atoms with van der Waals surface area (Å²) in [4.78, 5) is 3.23. The van der Waals surface area contributed by atoms with Gasteiger partial charge in [-0.1, -0.05) is 48.5 Å². The summed E-state index contributed by atoms with van der Waals surface area (Å²) in [5.41, 5.74) is 2.01. The number of H-pyrrole nitrogens is 1. The molecule has 0 amide bonds. The van der Waals surface area contributed by atoms with Gasteiger partial charge in [0.25, 0.3) is 0 Å². The second kappa shape index (κ2) is 7.40. The standard InChI is InChI=1S/C22H17FN2O2S/c23-17-11-12-20-19(13-17)22(25-14-16-7-3-1-4-8-16)21(15-24-20)28(26,27)18-9-5-2-6-10-18/h1-13,15H,14H2,(H,24,25)/p+1. The fourth-order valence-electron chi connectivity index (χ4n) is 3.10. The van der Waals surface area contributed by atoms with Crippen LogP contribution in [-0.2, 0) is 16.4 Å². The van der Waals surface area contributed by atoms with E-state index in [0.29, 0.717) is 23.1 Å². The van der Waals surface area contributed by atoms with Gasteiger partial charge in [0.1, 0.15) is 5.82 Å². The molecule has 0 bridgehead atoms. The Hall–Kier alpha value is -3.25. The highest BCUT2D eigenvalue weighted by Gasteiger charge is 2.26. The number of fused-ring (bicyclic) bond motifs is 1. The van der Waals surface area contributed by atoms with Gasteiger partial charge in [0.2, 0.25) is 15.4 Å². The molecule has 0 fully saturated rings. The average Bonchev–Trinajstić information content (AvgIpc) is 2.73. The van der Waals surface area contributed by atoms with Crippen molar-refractivity contribution in [2.24, 2.45) is 0 Å². The predicted octanol–water partition coefficient (Wildman–Crippen LogP) is 4.24. The second-order valence-electron chi connectivity index (χ2n) is 6.37. The van der Waals surface area contributed by atoms with Crippen LogP contribution in [0.25, 0.3) is 10.9 Å². The van der Waals surface area contributed by atoms with Crippen molar-refractivity contribution < 1.29 is 17.8 Å². The number of hydrogen-bond acceptors (Lipinski definition) is 3. The molecule has 6 heteroatoms. The Bertz CT molecular complexity index is 1230. The molecule has 4 aromatic rings. The van der Waals surface area contributed by atoms with Gasteiger partial charge in [0, 0.05) is 12.6 Å². The molecule has 1 aromatic heterocycles. The van der Waals surface area contributed by atoms with E-state index in [1.54, 1.807) is 36.4 Å². The number of halogens is 1. The van der Waals surface area contributed by atoms with E-state index in [0.717, 1.165) is 5.56 Å². The van der Waals surface area contributed by atoms with Gasteiger partial charge in [-0.3, -0.25) is 0 Å². The summed E-state index contributed by atoms with van der Waals surface area (Å²) in [6, 6.07) is 22.1. The molecule has 0 saturated carbocycles. The van der Waals surface area contributed by atoms with Crippen LogP contribution in [0.1, 0.15) is 5.56 Å². The van der Waals surface area contributed by atoms with Crippen LogP contribution in [0.2, 0.25) is 0 Å². The van der Waals surface area contributed by atoms with Crippen molar-refractivity contribution in [3.63, 3.8) is 0 Å². The average molecular weight is 393 g/mol. The number of aromatic nitrogens is 1. The molecule has 0 aliphatic heterocycles. The van der Waals surface area contributed by atoms with Crippen LogP contribution in [-0.4, -0.2) is 8.42 Å². The number of pyridine rings is 1. The number of sulfone groups is 1. The van der Waals surface area contributed by atoms with E-state index in [-0.39, 0.29) is 9.79 Å². The summed E-state index contributed by atoms with van der Waals surface area (Å²) in [7, 11) is -3.79. The third-order valence-corrected chi connectivity index (χ3v) is 6.31. The van der Waals surface area contributed by atoms with E-state index in [4.69, 9.17) is 0 Å². The SMILES string of the molecule is O=S(=O)(c1ccccc1)c1c[nH+]c2ccc(F)cc2c1NCc1ccccc1. The first-order chi connectivity index (χ1) is 13.6. The van der Waals surface area contributed by atoms with Crippen LogP contribution in [0.5, 0.6) is 0 Å². The van der Waals surface area contributed by atoms with Crippen LogP contribution < -0.4 is 10.3 Å². The van der Waals surface area contributed by atoms with Gasteiger partial charge >= 0.3 is 0 Å². The molecule has 0 aliphatic rings. The molecule has 0 unspecified atom stereocenters. The predicted molar refractivity (Wildman–Crippen MR) is 106 cm³/mol. The summed E-state index contributed by atoms with van der Waals surface area (Å²) in [5, 5.41) is 3.69. The summed E-state index contributed by atoms with van der Waals surface area (Å²) >= 11 is 0. The normalized spacial score (nSPS) is 11.5. The highest BCUT2D eigenvalue weighted by Crippen LogP contribution is 2.32. The lowest BCUT2D eigenvalue weighted by Crippen LogP contribution is -2.15. The van der Waals surface area contributed by atoms with Crippen molar-refractivity contribution in [1.82, 2.24) is 0 Å². The molecule has 4 nitrogen and oxygen atoms in total. The summed E-state index contributed by atoms with van der Waals surface area (Å²) in [6.07, 6.45) is 1.45. The Morgan fingerprint density at radius 1 is 0.893 bits per heavy atom. The topological polar surface area (TPSA) is 60.3 Å². The van der Waals surface area contributed by atoms with E-state index >= 15 is 0 Å². The molecule has 1 heterocycles. The van der Waals surface area contributed by atoms with Crippen molar-refractivity contribution in [3.8, 4) is 0 Å². The summed E-state index contributed by atoms with van der Waals surface area (Å²) in [6.45, 7) is 0.410. The van der Waals surface area contributed by atoms with Crippen molar-refractivity contribution in [1.29, 1.82) is 0 Å². The third-order valence-electron chi connectivity index (χ3n) is 4.51. The minimum absolute atomic E-state index is 0.0766. The Morgan fingerprint density at radius 2 is 1.57 bits per heavy atom. The van der Waals surface area contributed by atoms with Crippen LogP contribution >= 0.6 is 0 Å². The van der Waals surface area contributed by atoms with E-state index in [9.17, 15) is 12.8 Å². The van der Waals surface area contributed by atoms with Gasteiger partial charge in [0.15, 0.2) is 11.1 Å². The Morgan fingerprint density at radius 3 is 2.29 bits per heavy atom. The van der Waals surface area contributed by atoms with Crippen LogP contribution in [0.4, 0.5) is 10.1 Å². The van der Waals surface area contributed by atoms with Crippen molar-refractivity contribution in [2.75, 3.05) is 5.32 Å². The molecular weight excluding hydrogens is 375 g/mol. The van der Waals surface area contributed by atoms with Gasteiger partial charge in [0.05, 0.1) is 16.0 Å². The van der Waals surface area contributed by atoms with E-state index < -0.39 is 15.7 Å². The zero-order chi connectivity index (χ0) is 19.6. The maximum Gasteiger partial charge on any atom is 0.214 e. The maximum atomic E-state index is 13.9. The Kier molecular flexibility index (Phi) is 4.79. The second-order valence-corrected chi connectivity index (χ2v) is 8.29. The third kappa shape index (κ3) is 3.46. The van der Waals surface area contributed by atoms with Crippen molar-refractivity contribution >= 4 is 26.4 Å². The molecule has 140 valence electrons. The van der Waals surface area contributed by atoms with Gasteiger partial charge in [-0.25, -0.2) is 17.8 Å². The van der Waals surface area contributed by atoms with Crippen molar-refractivity contribution in [2.45, 2.75) is 16.3 Å². The zero-order valence-corrected chi connectivity index (χ0v) is 15.7. The molecule has 3 aromatic carbocycles. The first-order valence-electron chi connectivity index (χ1n) is 8.77. The molecule has 0 radical (unpaired) electrons. The Balaban J connectivity index is 1.88. The number of aromatic amines is 1. The lowest BCUT2D eigenvalue weighted by atomic mass is 10.1. The number of anilines is 1. The maximum absolute atomic E-state index is 13.9. The molecule has 28 heavy (non-hydrogen) atoms. The molecular formula is C22H18FN2O2S+. The van der Waals surface area contributed by atoms with Gasteiger partial charge < -0.3 is 5.32 Å². The molecule has 4 rings (SSSR count). The van der Waals surface area contributed by atoms with Crippen LogP contribution in [0, 0.1) is 5.82 Å². The highest BCUT2D eigenvalue weighted by molar-refractivity contribution is 7.91. The number of hydrogen-bond donors (Lipinski definition) is 1. The largest absolute Gasteiger partial charge is 0.379 e. The minimum Gasteiger partial charge on any atom is -0.379 e. The zero-order valence-electron chi connectivity index (χ0n) is 14.9. The number of nitrogens with one attached hydrogen (secondary N) is 2. The lowest BCUT2D eigenvalue weighted by Gasteiger charge is -2.13. The van der Waals surface area contributed by atoms with Crippen LogP contribution in [0.15, 0.2) is 94.9 Å². The molecule has 0 spiro atoms. The van der Waals surface area contributed by atoms with Crippen LogP contribution in [0.3, 0.4) is 0 Å². The number of rotatable bonds is 5. The molecule has 0 atom stereocenters. The fraction of sp³-hybridized carbons (Fsp3) is 0.0455. The first kappa shape index (κ1) is 18.1. The van der Waals surface area contributed by atoms with Gasteiger partial charge in [-0.2, -0.15) is 0 Å². The molecule has 0 saturated heterocycles.